The molecule has 3 rings (SSSR count). The molecular formula is C10H9N5. The molecule has 0 atom stereocenters. The normalized spacial score (nSPS) is 11.0. The first-order valence-electron chi connectivity index (χ1n) is 4.68. The molecule has 1 aromatic carbocycles. The number of nitrogens with one attached hydrogen (secondary N) is 1. The molecule has 0 amide bonds. The van der Waals surface area contributed by atoms with Crippen LogP contribution in [-0.2, 0) is 0 Å². The number of H-pyrrole nitrogens is 1. The van der Waals surface area contributed by atoms with Crippen LogP contribution in [0.1, 0.15) is 5.82 Å². The fourth-order valence-corrected chi connectivity index (χ4v) is 1.62. The lowest BCUT2D eigenvalue weighted by Crippen LogP contribution is -1.90. The molecular weight excluding hydrogens is 190 g/mol. The topological polar surface area (TPSA) is 58.9 Å². The molecule has 5 heteroatoms. The zero-order valence-corrected chi connectivity index (χ0v) is 8.18. The Morgan fingerprint density at radius 1 is 1.13 bits per heavy atom. The Balaban J connectivity index is 2.31. The third-order valence-electron chi connectivity index (χ3n) is 2.33. The van der Waals surface area contributed by atoms with Gasteiger partial charge in [0, 0.05) is 5.56 Å². The Kier molecular flexibility index (Phi) is 1.58. The van der Waals surface area contributed by atoms with E-state index in [9.17, 15) is 0 Å². The maximum Gasteiger partial charge on any atom is 0.251 e. The van der Waals surface area contributed by atoms with E-state index < -0.39 is 0 Å². The van der Waals surface area contributed by atoms with Gasteiger partial charge in [-0.25, -0.2) is 9.50 Å². The summed E-state index contributed by atoms with van der Waals surface area (Å²) < 4.78 is 1.90. The molecule has 2 aromatic heterocycles. The molecule has 0 unspecified atom stereocenters. The first-order valence-corrected chi connectivity index (χ1v) is 4.68. The molecule has 0 aliphatic carbocycles. The molecule has 0 saturated carbocycles. The van der Waals surface area contributed by atoms with Crippen molar-refractivity contribution in [1.82, 2.24) is 24.8 Å². The van der Waals surface area contributed by atoms with Gasteiger partial charge in [-0.05, 0) is 6.92 Å². The number of aromatic nitrogens is 5. The number of nitrogens with zero attached hydrogens (tertiary/aromatic N) is 4. The first kappa shape index (κ1) is 8.16. The summed E-state index contributed by atoms with van der Waals surface area (Å²) in [4.78, 5) is 0. The SMILES string of the molecule is Cc1nnc2[nH]nc(-c3ccccc3)n12. The van der Waals surface area contributed by atoms with Crippen molar-refractivity contribution in [2.75, 3.05) is 0 Å². The minimum absolute atomic E-state index is 0.673. The summed E-state index contributed by atoms with van der Waals surface area (Å²) in [5, 5.41) is 15.0. The van der Waals surface area contributed by atoms with Crippen LogP contribution in [0.2, 0.25) is 0 Å². The fraction of sp³-hybridized carbons (Fsp3) is 0.100. The lowest BCUT2D eigenvalue weighted by atomic mass is 10.2. The first-order chi connectivity index (χ1) is 7.36. The van der Waals surface area contributed by atoms with Crippen LogP contribution in [0.25, 0.3) is 17.2 Å². The second kappa shape index (κ2) is 2.91. The van der Waals surface area contributed by atoms with E-state index >= 15 is 0 Å². The van der Waals surface area contributed by atoms with E-state index in [-0.39, 0.29) is 0 Å². The molecule has 5 nitrogen and oxygen atoms in total. The van der Waals surface area contributed by atoms with Crippen LogP contribution in [0.3, 0.4) is 0 Å². The maximum absolute atomic E-state index is 4.22. The van der Waals surface area contributed by atoms with Gasteiger partial charge in [-0.1, -0.05) is 30.3 Å². The average Bonchev–Trinajstić information content (AvgIpc) is 2.84. The van der Waals surface area contributed by atoms with Crippen molar-refractivity contribution in [3.05, 3.63) is 36.2 Å². The van der Waals surface area contributed by atoms with Crippen LogP contribution < -0.4 is 0 Å². The van der Waals surface area contributed by atoms with Gasteiger partial charge in [-0.3, -0.25) is 0 Å². The zero-order valence-electron chi connectivity index (χ0n) is 8.18. The molecule has 0 bridgehead atoms. The Bertz CT molecular complexity index is 593. The maximum atomic E-state index is 4.22. The summed E-state index contributed by atoms with van der Waals surface area (Å²) in [6.07, 6.45) is 0. The second-order valence-electron chi connectivity index (χ2n) is 3.32. The van der Waals surface area contributed by atoms with Crippen LogP contribution in [0.4, 0.5) is 0 Å². The number of fused-ring (bicyclic) bond motifs is 1. The summed E-state index contributed by atoms with van der Waals surface area (Å²) in [5.74, 6) is 2.34. The van der Waals surface area contributed by atoms with Crippen LogP contribution in [0.15, 0.2) is 30.3 Å². The quantitative estimate of drug-likeness (QED) is 0.645. The summed E-state index contributed by atoms with van der Waals surface area (Å²) in [5.41, 5.74) is 1.05. The smallest absolute Gasteiger partial charge is 0.245 e. The number of aromatic amines is 1. The largest absolute Gasteiger partial charge is 0.251 e. The minimum Gasteiger partial charge on any atom is -0.245 e. The zero-order chi connectivity index (χ0) is 10.3. The molecule has 0 aliphatic rings. The van der Waals surface area contributed by atoms with Crippen LogP contribution in [0, 0.1) is 6.92 Å². The van der Waals surface area contributed by atoms with Gasteiger partial charge in [-0.15, -0.1) is 10.2 Å². The van der Waals surface area contributed by atoms with Crippen molar-refractivity contribution in [3.8, 4) is 11.4 Å². The molecule has 0 fully saturated rings. The Labute approximate surface area is 85.8 Å². The van der Waals surface area contributed by atoms with Crippen molar-refractivity contribution in [2.45, 2.75) is 6.92 Å². The third-order valence-corrected chi connectivity index (χ3v) is 2.33. The van der Waals surface area contributed by atoms with E-state index in [2.05, 4.69) is 20.4 Å². The fourth-order valence-electron chi connectivity index (χ4n) is 1.62. The Morgan fingerprint density at radius 3 is 2.73 bits per heavy atom. The second-order valence-corrected chi connectivity index (χ2v) is 3.32. The Hall–Kier alpha value is -2.17. The van der Waals surface area contributed by atoms with Gasteiger partial charge in [0.15, 0.2) is 5.82 Å². The van der Waals surface area contributed by atoms with Crippen LogP contribution in [-0.4, -0.2) is 24.8 Å². The van der Waals surface area contributed by atoms with Crippen molar-refractivity contribution in [2.24, 2.45) is 0 Å². The van der Waals surface area contributed by atoms with Gasteiger partial charge >= 0.3 is 0 Å². The van der Waals surface area contributed by atoms with Gasteiger partial charge < -0.3 is 0 Å². The summed E-state index contributed by atoms with van der Waals surface area (Å²) in [6.45, 7) is 1.90. The molecule has 0 aliphatic heterocycles. The molecule has 1 N–H and O–H groups in total. The highest BCUT2D eigenvalue weighted by molar-refractivity contribution is 5.57. The van der Waals surface area contributed by atoms with E-state index in [1.54, 1.807) is 0 Å². The van der Waals surface area contributed by atoms with Crippen LogP contribution in [0.5, 0.6) is 0 Å². The minimum atomic E-state index is 0.673. The molecule has 3 aromatic rings. The van der Waals surface area contributed by atoms with Gasteiger partial charge in [0.2, 0.25) is 0 Å². The van der Waals surface area contributed by atoms with E-state index in [1.807, 2.05) is 41.7 Å². The number of hydrogen-bond donors (Lipinski definition) is 1. The number of rotatable bonds is 1. The number of aryl methyl sites for hydroxylation is 1. The lowest BCUT2D eigenvalue weighted by Gasteiger charge is -1.96. The number of hydrogen-bond acceptors (Lipinski definition) is 3. The van der Waals surface area contributed by atoms with E-state index in [1.165, 1.54) is 0 Å². The van der Waals surface area contributed by atoms with Crippen molar-refractivity contribution in [1.29, 1.82) is 0 Å². The van der Waals surface area contributed by atoms with Crippen molar-refractivity contribution < 1.29 is 0 Å². The molecule has 74 valence electrons. The lowest BCUT2D eigenvalue weighted by molar-refractivity contribution is 0.977. The van der Waals surface area contributed by atoms with Crippen LogP contribution >= 0.6 is 0 Å². The average molecular weight is 199 g/mol. The summed E-state index contributed by atoms with van der Waals surface area (Å²) >= 11 is 0. The van der Waals surface area contributed by atoms with Crippen molar-refractivity contribution in [3.63, 3.8) is 0 Å². The molecule has 0 radical (unpaired) electrons. The molecule has 15 heavy (non-hydrogen) atoms. The highest BCUT2D eigenvalue weighted by atomic mass is 15.4. The predicted molar refractivity (Wildman–Crippen MR) is 55.3 cm³/mol. The Morgan fingerprint density at radius 2 is 1.93 bits per heavy atom. The predicted octanol–water partition coefficient (Wildman–Crippen LogP) is 1.43. The van der Waals surface area contributed by atoms with Crippen molar-refractivity contribution >= 4 is 5.78 Å². The van der Waals surface area contributed by atoms with Gasteiger partial charge in [0.05, 0.1) is 0 Å². The molecule has 0 spiro atoms. The van der Waals surface area contributed by atoms with Gasteiger partial charge in [0.1, 0.15) is 5.82 Å². The summed E-state index contributed by atoms with van der Waals surface area (Å²) in [7, 11) is 0. The monoisotopic (exact) mass is 199 g/mol. The third kappa shape index (κ3) is 1.13. The van der Waals surface area contributed by atoms with E-state index in [0.717, 1.165) is 17.2 Å². The highest BCUT2D eigenvalue weighted by Crippen LogP contribution is 2.17. The van der Waals surface area contributed by atoms with Gasteiger partial charge in [-0.2, -0.15) is 5.10 Å². The summed E-state index contributed by atoms with van der Waals surface area (Å²) in [6, 6.07) is 9.96. The molecule has 2 heterocycles. The highest BCUT2D eigenvalue weighted by Gasteiger charge is 2.10. The van der Waals surface area contributed by atoms with E-state index in [0.29, 0.717) is 5.78 Å². The standard InChI is InChI=1S/C10H9N5/c1-7-11-13-10-14-12-9(15(7)10)8-5-3-2-4-6-8/h2-6H,1H3,(H,13,14). The van der Waals surface area contributed by atoms with Gasteiger partial charge in [0.25, 0.3) is 5.78 Å². The number of benzene rings is 1. The molecule has 0 saturated heterocycles. The van der Waals surface area contributed by atoms with E-state index in [4.69, 9.17) is 0 Å².